The molecule has 2 aliphatic rings. The van der Waals surface area contributed by atoms with Crippen molar-refractivity contribution in [3.8, 4) is 23.0 Å². The maximum Gasteiger partial charge on any atom is 0.407 e. The highest BCUT2D eigenvalue weighted by Gasteiger charge is 2.41. The topological polar surface area (TPSA) is 105 Å². The van der Waals surface area contributed by atoms with E-state index in [-0.39, 0.29) is 25.6 Å². The van der Waals surface area contributed by atoms with Crippen LogP contribution < -0.4 is 10.6 Å². The summed E-state index contributed by atoms with van der Waals surface area (Å²) in [6, 6.07) is 16.2. The Balaban J connectivity index is 1.23. The van der Waals surface area contributed by atoms with Gasteiger partial charge >= 0.3 is 12.1 Å². The van der Waals surface area contributed by atoms with Crippen molar-refractivity contribution >= 4 is 18.0 Å². The highest BCUT2D eigenvalue weighted by molar-refractivity contribution is 5.94. The second kappa shape index (κ2) is 10.6. The van der Waals surface area contributed by atoms with Crippen molar-refractivity contribution in [1.29, 1.82) is 0 Å². The van der Waals surface area contributed by atoms with Crippen LogP contribution in [-0.2, 0) is 14.3 Å². The first-order valence-corrected chi connectivity index (χ1v) is 12.0. The molecule has 2 amide bonds. The van der Waals surface area contributed by atoms with E-state index in [1.54, 1.807) is 0 Å². The third kappa shape index (κ3) is 5.48. The van der Waals surface area contributed by atoms with E-state index in [0.29, 0.717) is 18.8 Å². The molecule has 2 aromatic rings. The smallest absolute Gasteiger partial charge is 0.407 e. The molecule has 3 N–H and O–H groups in total. The minimum atomic E-state index is -0.927. The van der Waals surface area contributed by atoms with Crippen molar-refractivity contribution in [2.45, 2.75) is 38.5 Å². The van der Waals surface area contributed by atoms with E-state index in [9.17, 15) is 19.5 Å². The van der Waals surface area contributed by atoms with Gasteiger partial charge in [-0.25, -0.2) is 4.79 Å². The summed E-state index contributed by atoms with van der Waals surface area (Å²) < 4.78 is 5.44. The van der Waals surface area contributed by atoms with Gasteiger partial charge in [-0.1, -0.05) is 61.4 Å². The number of carbonyl (C=O) groups excluding carboxylic acids is 2. The molecule has 0 aliphatic heterocycles. The average Bonchev–Trinajstić information content (AvgIpc) is 3.19. The normalized spacial score (nSPS) is 20.5. The predicted molar refractivity (Wildman–Crippen MR) is 132 cm³/mol. The van der Waals surface area contributed by atoms with Crippen LogP contribution in [0.2, 0.25) is 0 Å². The van der Waals surface area contributed by atoms with Crippen LogP contribution in [-0.4, -0.2) is 42.8 Å². The number of nitrogens with one attached hydrogen (secondary N) is 2. The highest BCUT2D eigenvalue weighted by atomic mass is 16.5. The van der Waals surface area contributed by atoms with Crippen LogP contribution in [0.3, 0.4) is 0 Å². The minimum Gasteiger partial charge on any atom is -0.481 e. The fourth-order valence-electron chi connectivity index (χ4n) is 4.96. The molecule has 1 saturated carbocycles. The number of rotatable bonds is 6. The van der Waals surface area contributed by atoms with Gasteiger partial charge in [-0.2, -0.15) is 0 Å². The molecule has 0 radical (unpaired) electrons. The van der Waals surface area contributed by atoms with E-state index in [0.717, 1.165) is 35.1 Å². The van der Waals surface area contributed by atoms with Crippen molar-refractivity contribution in [1.82, 2.24) is 10.6 Å². The summed E-state index contributed by atoms with van der Waals surface area (Å²) in [5.74, 6) is 4.02. The van der Waals surface area contributed by atoms with Crippen LogP contribution in [0, 0.1) is 23.2 Å². The van der Waals surface area contributed by atoms with Crippen LogP contribution in [0.25, 0.3) is 11.1 Å². The van der Waals surface area contributed by atoms with E-state index in [1.807, 2.05) is 36.4 Å². The maximum atomic E-state index is 12.2. The molecule has 0 heterocycles. The number of aliphatic carboxylic acids is 1. The van der Waals surface area contributed by atoms with Gasteiger partial charge < -0.3 is 20.5 Å². The van der Waals surface area contributed by atoms with Gasteiger partial charge in [0.1, 0.15) is 6.61 Å². The Morgan fingerprint density at radius 1 is 1.00 bits per heavy atom. The summed E-state index contributed by atoms with van der Waals surface area (Å²) in [7, 11) is 0. The third-order valence-corrected chi connectivity index (χ3v) is 7.14. The number of carbonyl (C=O) groups is 3. The lowest BCUT2D eigenvalue weighted by atomic mass is 9.71. The van der Waals surface area contributed by atoms with Crippen LogP contribution in [0.5, 0.6) is 0 Å². The molecule has 0 aromatic heterocycles. The number of fused-ring (bicyclic) bond motifs is 3. The molecule has 7 heteroatoms. The lowest BCUT2D eigenvalue weighted by Crippen LogP contribution is -2.45. The first-order valence-electron chi connectivity index (χ1n) is 12.0. The summed E-state index contributed by atoms with van der Waals surface area (Å²) in [5.41, 5.74) is 3.64. The summed E-state index contributed by atoms with van der Waals surface area (Å²) in [5, 5.41) is 14.8. The van der Waals surface area contributed by atoms with Crippen molar-refractivity contribution in [3.63, 3.8) is 0 Å². The van der Waals surface area contributed by atoms with Crippen LogP contribution in [0.4, 0.5) is 4.79 Å². The van der Waals surface area contributed by atoms with Gasteiger partial charge in [0.15, 0.2) is 0 Å². The zero-order valence-electron chi connectivity index (χ0n) is 19.8. The minimum absolute atomic E-state index is 0.0330. The molecule has 4 rings (SSSR count). The van der Waals surface area contributed by atoms with Gasteiger partial charge in [-0.3, -0.25) is 9.59 Å². The Morgan fingerprint density at radius 3 is 2.20 bits per heavy atom. The fraction of sp³-hybridized carbons (Fsp3) is 0.393. The molecule has 1 fully saturated rings. The lowest BCUT2D eigenvalue weighted by molar-refractivity contribution is -0.151. The number of hydrogen-bond donors (Lipinski definition) is 3. The second-order valence-electron chi connectivity index (χ2n) is 9.43. The Labute approximate surface area is 205 Å². The van der Waals surface area contributed by atoms with Crippen molar-refractivity contribution in [2.24, 2.45) is 11.3 Å². The number of carboxylic acids is 1. The Morgan fingerprint density at radius 2 is 1.60 bits per heavy atom. The third-order valence-electron chi connectivity index (χ3n) is 7.14. The Kier molecular flexibility index (Phi) is 7.40. The summed E-state index contributed by atoms with van der Waals surface area (Å²) in [4.78, 5) is 36.0. The Bertz CT molecular complexity index is 1130. The molecule has 0 saturated heterocycles. The number of amides is 2. The molecule has 7 nitrogen and oxygen atoms in total. The molecule has 182 valence electrons. The SMILES string of the molecule is CC1CCC(CNC(=O)C#CCNC(=O)OCC2c3ccccc3-c3ccccc32)(C(=O)O)CC1. The molecule has 0 unspecified atom stereocenters. The molecular weight excluding hydrogens is 444 g/mol. The number of carboxylic acid groups (broad SMARTS) is 1. The maximum absolute atomic E-state index is 12.2. The summed E-state index contributed by atoms with van der Waals surface area (Å²) in [6.45, 7) is 2.32. The van der Waals surface area contributed by atoms with Gasteiger partial charge in [0.2, 0.25) is 0 Å². The number of hydrogen-bond acceptors (Lipinski definition) is 4. The average molecular weight is 475 g/mol. The second-order valence-corrected chi connectivity index (χ2v) is 9.43. The molecular formula is C28H30N2O5. The highest BCUT2D eigenvalue weighted by Crippen LogP contribution is 2.44. The number of alkyl carbamates (subject to hydrolysis) is 1. The predicted octanol–water partition coefficient (Wildman–Crippen LogP) is 3.93. The summed E-state index contributed by atoms with van der Waals surface area (Å²) >= 11 is 0. The van der Waals surface area contributed by atoms with E-state index < -0.39 is 23.4 Å². The van der Waals surface area contributed by atoms with Gasteiger partial charge in [-0.15, -0.1) is 0 Å². The zero-order chi connectivity index (χ0) is 24.8. The lowest BCUT2D eigenvalue weighted by Gasteiger charge is -2.35. The van der Waals surface area contributed by atoms with Crippen molar-refractivity contribution in [3.05, 3.63) is 59.7 Å². The number of benzene rings is 2. The van der Waals surface area contributed by atoms with Gasteiger partial charge in [0.05, 0.1) is 12.0 Å². The van der Waals surface area contributed by atoms with Gasteiger partial charge in [0, 0.05) is 12.5 Å². The zero-order valence-corrected chi connectivity index (χ0v) is 19.8. The summed E-state index contributed by atoms with van der Waals surface area (Å²) in [6.07, 6.45) is 2.14. The van der Waals surface area contributed by atoms with Crippen molar-refractivity contribution in [2.75, 3.05) is 19.7 Å². The van der Waals surface area contributed by atoms with E-state index >= 15 is 0 Å². The first kappa shape index (κ1) is 24.3. The van der Waals surface area contributed by atoms with Crippen LogP contribution in [0.1, 0.15) is 49.7 Å². The van der Waals surface area contributed by atoms with Crippen LogP contribution in [0.15, 0.2) is 48.5 Å². The molecule has 0 bridgehead atoms. The molecule has 0 spiro atoms. The molecule has 35 heavy (non-hydrogen) atoms. The fourth-order valence-corrected chi connectivity index (χ4v) is 4.96. The van der Waals surface area contributed by atoms with Gasteiger partial charge in [0.25, 0.3) is 5.91 Å². The van der Waals surface area contributed by atoms with E-state index in [4.69, 9.17) is 4.74 Å². The molecule has 2 aromatic carbocycles. The standard InChI is InChI=1S/C28H30N2O5/c1-19-12-14-28(15-13-19,26(32)33)18-30-25(31)11-6-16-29-27(34)35-17-24-22-9-4-2-7-20(22)21-8-3-5-10-23(21)24/h2-5,7-10,19,24H,12-18H2,1H3,(H,29,34)(H,30,31)(H,32,33). The van der Waals surface area contributed by atoms with E-state index in [2.05, 4.69) is 41.5 Å². The quantitative estimate of drug-likeness (QED) is 0.551. The largest absolute Gasteiger partial charge is 0.481 e. The van der Waals surface area contributed by atoms with Crippen LogP contribution >= 0.6 is 0 Å². The van der Waals surface area contributed by atoms with Gasteiger partial charge in [-0.05, 0) is 59.8 Å². The number of ether oxygens (including phenoxy) is 1. The monoisotopic (exact) mass is 474 g/mol. The first-order chi connectivity index (χ1) is 16.9. The van der Waals surface area contributed by atoms with Crippen molar-refractivity contribution < 1.29 is 24.2 Å². The van der Waals surface area contributed by atoms with E-state index in [1.165, 1.54) is 0 Å². The molecule has 0 atom stereocenters. The Hall–Kier alpha value is -3.79. The molecule has 2 aliphatic carbocycles.